The summed E-state index contributed by atoms with van der Waals surface area (Å²) in [6.07, 6.45) is 0. The fourth-order valence-electron chi connectivity index (χ4n) is 1.30. The average molecular weight is 252 g/mol. The van der Waals surface area contributed by atoms with Gasteiger partial charge >= 0.3 is 0 Å². The third kappa shape index (κ3) is 6.34. The molecule has 0 aliphatic rings. The largest absolute Gasteiger partial charge is 0.354 e. The van der Waals surface area contributed by atoms with Crippen LogP contribution in [-0.4, -0.2) is 31.3 Å². The molecule has 94 valence electrons. The van der Waals surface area contributed by atoms with E-state index in [0.717, 1.165) is 18.0 Å². The number of carbonyl (C=O) groups excluding carboxylic acids is 1. The first-order chi connectivity index (χ1) is 8.22. The summed E-state index contributed by atoms with van der Waals surface area (Å²) in [6, 6.07) is 8.22. The van der Waals surface area contributed by atoms with Crippen LogP contribution in [0, 0.1) is 6.92 Å². The molecular weight excluding hydrogens is 232 g/mol. The highest BCUT2D eigenvalue weighted by Crippen LogP contribution is 2.17. The fraction of sp³-hybridized carbons (Fsp3) is 0.462. The first-order valence-electron chi connectivity index (χ1n) is 5.89. The summed E-state index contributed by atoms with van der Waals surface area (Å²) in [6.45, 7) is 6.57. The highest BCUT2D eigenvalue weighted by atomic mass is 32.2. The zero-order chi connectivity index (χ0) is 12.5. The number of hydrogen-bond acceptors (Lipinski definition) is 3. The lowest BCUT2D eigenvalue weighted by atomic mass is 10.2. The van der Waals surface area contributed by atoms with Crippen molar-refractivity contribution in [2.24, 2.45) is 0 Å². The molecule has 0 radical (unpaired) electrons. The molecule has 0 unspecified atom stereocenters. The molecule has 0 aliphatic heterocycles. The van der Waals surface area contributed by atoms with E-state index in [9.17, 15) is 4.79 Å². The summed E-state index contributed by atoms with van der Waals surface area (Å²) >= 11 is 1.57. The second kappa shape index (κ2) is 8.14. The number of aryl methyl sites for hydroxylation is 1. The Morgan fingerprint density at radius 1 is 1.24 bits per heavy atom. The highest BCUT2D eigenvalue weighted by Gasteiger charge is 2.01. The molecule has 0 aliphatic carbocycles. The van der Waals surface area contributed by atoms with Gasteiger partial charge in [0.2, 0.25) is 5.91 Å². The Balaban J connectivity index is 2.17. The van der Waals surface area contributed by atoms with Crippen LogP contribution in [-0.2, 0) is 4.79 Å². The molecule has 0 bridgehead atoms. The van der Waals surface area contributed by atoms with Crippen molar-refractivity contribution in [2.75, 3.05) is 25.4 Å². The maximum atomic E-state index is 11.5. The monoisotopic (exact) mass is 252 g/mol. The molecule has 0 heterocycles. The standard InChI is InChI=1S/C13H20N2OS/c1-3-14-8-9-15-13(16)10-17-12-6-4-11(2)5-7-12/h4-7,14H,3,8-10H2,1-2H3,(H,15,16). The molecule has 0 aromatic heterocycles. The van der Waals surface area contributed by atoms with Crippen LogP contribution in [0.15, 0.2) is 29.2 Å². The maximum Gasteiger partial charge on any atom is 0.230 e. The van der Waals surface area contributed by atoms with Gasteiger partial charge in [-0.3, -0.25) is 4.79 Å². The number of likely N-dealkylation sites (N-methyl/N-ethyl adjacent to an activating group) is 1. The second-order valence-corrected chi connectivity index (χ2v) is 4.85. The number of carbonyl (C=O) groups is 1. The minimum absolute atomic E-state index is 0.0912. The van der Waals surface area contributed by atoms with Crippen molar-refractivity contribution in [3.63, 3.8) is 0 Å². The molecule has 1 aromatic carbocycles. The van der Waals surface area contributed by atoms with E-state index < -0.39 is 0 Å². The lowest BCUT2D eigenvalue weighted by Crippen LogP contribution is -2.32. The van der Waals surface area contributed by atoms with E-state index in [1.807, 2.05) is 12.1 Å². The first kappa shape index (κ1) is 14.1. The Morgan fingerprint density at radius 2 is 1.94 bits per heavy atom. The third-order valence-electron chi connectivity index (χ3n) is 2.26. The minimum Gasteiger partial charge on any atom is -0.354 e. The van der Waals surface area contributed by atoms with Crippen LogP contribution in [0.3, 0.4) is 0 Å². The van der Waals surface area contributed by atoms with E-state index in [-0.39, 0.29) is 5.91 Å². The molecule has 1 amide bonds. The van der Waals surface area contributed by atoms with Gasteiger partial charge in [-0.1, -0.05) is 24.6 Å². The van der Waals surface area contributed by atoms with Crippen molar-refractivity contribution < 1.29 is 4.79 Å². The van der Waals surface area contributed by atoms with Crippen molar-refractivity contribution in [3.05, 3.63) is 29.8 Å². The molecule has 0 spiro atoms. The molecule has 1 rings (SSSR count). The van der Waals surface area contributed by atoms with Crippen molar-refractivity contribution in [2.45, 2.75) is 18.7 Å². The Labute approximate surface area is 107 Å². The van der Waals surface area contributed by atoms with Crippen LogP contribution in [0.1, 0.15) is 12.5 Å². The van der Waals surface area contributed by atoms with E-state index in [2.05, 4.69) is 36.6 Å². The predicted molar refractivity (Wildman–Crippen MR) is 73.5 cm³/mol. The first-order valence-corrected chi connectivity index (χ1v) is 6.88. The van der Waals surface area contributed by atoms with Gasteiger partial charge in [0, 0.05) is 18.0 Å². The van der Waals surface area contributed by atoms with Crippen LogP contribution < -0.4 is 10.6 Å². The Bertz CT molecular complexity index is 338. The van der Waals surface area contributed by atoms with Crippen molar-refractivity contribution in [1.29, 1.82) is 0 Å². The predicted octanol–water partition coefficient (Wildman–Crippen LogP) is 1.81. The van der Waals surface area contributed by atoms with Gasteiger partial charge in [0.05, 0.1) is 5.75 Å². The summed E-state index contributed by atoms with van der Waals surface area (Å²) in [7, 11) is 0. The summed E-state index contributed by atoms with van der Waals surface area (Å²) in [5, 5.41) is 6.04. The third-order valence-corrected chi connectivity index (χ3v) is 3.28. The number of thioether (sulfide) groups is 1. The van der Waals surface area contributed by atoms with Crippen LogP contribution in [0.25, 0.3) is 0 Å². The van der Waals surface area contributed by atoms with E-state index in [1.165, 1.54) is 5.56 Å². The Morgan fingerprint density at radius 3 is 2.59 bits per heavy atom. The summed E-state index contributed by atoms with van der Waals surface area (Å²) in [4.78, 5) is 12.6. The maximum absolute atomic E-state index is 11.5. The van der Waals surface area contributed by atoms with Crippen LogP contribution in [0.5, 0.6) is 0 Å². The molecule has 0 saturated carbocycles. The van der Waals surface area contributed by atoms with Gasteiger partial charge in [-0.15, -0.1) is 11.8 Å². The summed E-state index contributed by atoms with van der Waals surface area (Å²) in [5.74, 6) is 0.573. The van der Waals surface area contributed by atoms with Crippen molar-refractivity contribution >= 4 is 17.7 Å². The van der Waals surface area contributed by atoms with Gasteiger partial charge in [-0.05, 0) is 25.6 Å². The van der Waals surface area contributed by atoms with Crippen LogP contribution in [0.4, 0.5) is 0 Å². The molecule has 1 aromatic rings. The number of benzene rings is 1. The normalized spacial score (nSPS) is 10.2. The SMILES string of the molecule is CCNCCNC(=O)CSc1ccc(C)cc1. The molecule has 2 N–H and O–H groups in total. The molecule has 4 heteroatoms. The van der Waals surface area contributed by atoms with E-state index in [0.29, 0.717) is 12.3 Å². The quantitative estimate of drug-likeness (QED) is 0.574. The lowest BCUT2D eigenvalue weighted by molar-refractivity contribution is -0.118. The molecule has 17 heavy (non-hydrogen) atoms. The fourth-order valence-corrected chi connectivity index (χ4v) is 2.03. The van der Waals surface area contributed by atoms with Gasteiger partial charge in [0.1, 0.15) is 0 Å². The highest BCUT2D eigenvalue weighted by molar-refractivity contribution is 8.00. The average Bonchev–Trinajstić information content (AvgIpc) is 2.34. The molecule has 0 fully saturated rings. The Kier molecular flexibility index (Phi) is 6.74. The molecular formula is C13H20N2OS. The van der Waals surface area contributed by atoms with Crippen LogP contribution >= 0.6 is 11.8 Å². The minimum atomic E-state index is 0.0912. The zero-order valence-corrected chi connectivity index (χ0v) is 11.3. The summed E-state index contributed by atoms with van der Waals surface area (Å²) < 4.78 is 0. The van der Waals surface area contributed by atoms with E-state index in [4.69, 9.17) is 0 Å². The number of nitrogens with one attached hydrogen (secondary N) is 2. The van der Waals surface area contributed by atoms with Crippen molar-refractivity contribution in [3.8, 4) is 0 Å². The van der Waals surface area contributed by atoms with Gasteiger partial charge in [-0.25, -0.2) is 0 Å². The van der Waals surface area contributed by atoms with Gasteiger partial charge in [-0.2, -0.15) is 0 Å². The Hall–Kier alpha value is -1.00. The number of rotatable bonds is 7. The van der Waals surface area contributed by atoms with Gasteiger partial charge in [0.25, 0.3) is 0 Å². The van der Waals surface area contributed by atoms with Crippen LogP contribution in [0.2, 0.25) is 0 Å². The second-order valence-electron chi connectivity index (χ2n) is 3.81. The van der Waals surface area contributed by atoms with Crippen molar-refractivity contribution in [1.82, 2.24) is 10.6 Å². The van der Waals surface area contributed by atoms with Gasteiger partial charge < -0.3 is 10.6 Å². The zero-order valence-electron chi connectivity index (χ0n) is 10.5. The topological polar surface area (TPSA) is 41.1 Å². The molecule has 3 nitrogen and oxygen atoms in total. The lowest BCUT2D eigenvalue weighted by Gasteiger charge is -2.05. The summed E-state index contributed by atoms with van der Waals surface area (Å²) in [5.41, 5.74) is 1.24. The van der Waals surface area contributed by atoms with E-state index in [1.54, 1.807) is 11.8 Å². The molecule has 0 atom stereocenters. The van der Waals surface area contributed by atoms with E-state index >= 15 is 0 Å². The number of amides is 1. The molecule has 0 saturated heterocycles. The smallest absolute Gasteiger partial charge is 0.230 e. The van der Waals surface area contributed by atoms with Gasteiger partial charge in [0.15, 0.2) is 0 Å². The number of hydrogen-bond donors (Lipinski definition) is 2.